The summed E-state index contributed by atoms with van der Waals surface area (Å²) in [6.07, 6.45) is 0.722. The molecule has 114 valence electrons. The van der Waals surface area contributed by atoms with Gasteiger partial charge in [-0.3, -0.25) is 10.1 Å². The van der Waals surface area contributed by atoms with E-state index >= 15 is 0 Å². The molecule has 2 heterocycles. The lowest BCUT2D eigenvalue weighted by Crippen LogP contribution is -2.48. The normalized spacial score (nSPS) is 15.0. The van der Waals surface area contributed by atoms with Crippen LogP contribution in [0.2, 0.25) is 5.02 Å². The number of benzene rings is 1. The van der Waals surface area contributed by atoms with Crippen LogP contribution in [-0.2, 0) is 17.8 Å². The Bertz CT molecular complexity index is 716. The van der Waals surface area contributed by atoms with Crippen molar-refractivity contribution in [1.82, 2.24) is 20.4 Å². The van der Waals surface area contributed by atoms with Crippen molar-refractivity contribution in [3.8, 4) is 0 Å². The zero-order valence-corrected chi connectivity index (χ0v) is 12.3. The third-order valence-corrected chi connectivity index (χ3v) is 3.65. The van der Waals surface area contributed by atoms with E-state index in [0.29, 0.717) is 29.7 Å². The fourth-order valence-corrected chi connectivity index (χ4v) is 2.35. The van der Waals surface area contributed by atoms with Gasteiger partial charge in [-0.2, -0.15) is 4.98 Å². The van der Waals surface area contributed by atoms with Crippen LogP contribution in [0.5, 0.6) is 0 Å². The summed E-state index contributed by atoms with van der Waals surface area (Å²) in [5, 5.41) is 6.77. The van der Waals surface area contributed by atoms with Gasteiger partial charge < -0.3 is 9.42 Å². The SMILES string of the molecule is O=C1CCN(Cc2nc(Cc3ccccc3Cl)no2)C(=O)N1. The Hall–Kier alpha value is -2.41. The Morgan fingerprint density at radius 2 is 2.14 bits per heavy atom. The average molecular weight is 321 g/mol. The Kier molecular flexibility index (Phi) is 4.06. The molecule has 1 aromatic carbocycles. The van der Waals surface area contributed by atoms with E-state index in [1.54, 1.807) is 6.07 Å². The van der Waals surface area contributed by atoms with Crippen molar-refractivity contribution in [3.05, 3.63) is 46.6 Å². The number of urea groups is 1. The topological polar surface area (TPSA) is 88.3 Å². The number of amides is 3. The summed E-state index contributed by atoms with van der Waals surface area (Å²) in [6.45, 7) is 0.515. The van der Waals surface area contributed by atoms with Gasteiger partial charge in [-0.1, -0.05) is 35.0 Å². The molecule has 1 saturated heterocycles. The number of hydrogen-bond donors (Lipinski definition) is 1. The first-order chi connectivity index (χ1) is 10.6. The molecule has 2 aromatic rings. The standard InChI is InChI=1S/C14H13ClN4O3/c15-10-4-2-1-3-9(10)7-11-16-13(22-18-11)8-19-6-5-12(20)17-14(19)21/h1-4H,5-8H2,(H,17,20,21). The number of aromatic nitrogens is 2. The van der Waals surface area contributed by atoms with Crippen LogP contribution < -0.4 is 5.32 Å². The molecule has 3 amide bonds. The van der Waals surface area contributed by atoms with Gasteiger partial charge in [0.2, 0.25) is 11.8 Å². The molecule has 0 atom stereocenters. The summed E-state index contributed by atoms with van der Waals surface area (Å²) in [4.78, 5) is 28.4. The zero-order valence-electron chi connectivity index (χ0n) is 11.6. The van der Waals surface area contributed by atoms with Gasteiger partial charge >= 0.3 is 6.03 Å². The van der Waals surface area contributed by atoms with Crippen molar-refractivity contribution in [2.75, 3.05) is 6.54 Å². The molecule has 8 heteroatoms. The molecular weight excluding hydrogens is 308 g/mol. The Morgan fingerprint density at radius 3 is 2.91 bits per heavy atom. The van der Waals surface area contributed by atoms with Gasteiger partial charge in [-0.25, -0.2) is 4.79 Å². The molecule has 0 spiro atoms. The van der Waals surface area contributed by atoms with Crippen LogP contribution in [-0.4, -0.2) is 33.5 Å². The smallest absolute Gasteiger partial charge is 0.324 e. The molecule has 0 radical (unpaired) electrons. The fraction of sp³-hybridized carbons (Fsp3) is 0.286. The minimum Gasteiger partial charge on any atom is -0.337 e. The van der Waals surface area contributed by atoms with Gasteiger partial charge in [0.1, 0.15) is 6.54 Å². The van der Waals surface area contributed by atoms with Crippen molar-refractivity contribution in [2.24, 2.45) is 0 Å². The molecule has 0 saturated carbocycles. The summed E-state index contributed by atoms with van der Waals surface area (Å²) in [7, 11) is 0. The largest absolute Gasteiger partial charge is 0.337 e. The second-order valence-electron chi connectivity index (χ2n) is 4.90. The lowest BCUT2D eigenvalue weighted by atomic mass is 10.1. The third kappa shape index (κ3) is 3.25. The molecule has 22 heavy (non-hydrogen) atoms. The first-order valence-corrected chi connectivity index (χ1v) is 7.13. The van der Waals surface area contributed by atoms with E-state index in [4.69, 9.17) is 16.1 Å². The zero-order chi connectivity index (χ0) is 15.5. The van der Waals surface area contributed by atoms with E-state index in [1.807, 2.05) is 18.2 Å². The number of hydrogen-bond acceptors (Lipinski definition) is 5. The second kappa shape index (κ2) is 6.15. The van der Waals surface area contributed by atoms with Crippen LogP contribution in [0.25, 0.3) is 0 Å². The highest BCUT2D eigenvalue weighted by Gasteiger charge is 2.24. The predicted molar refractivity (Wildman–Crippen MR) is 77.1 cm³/mol. The van der Waals surface area contributed by atoms with Crippen LogP contribution in [0.4, 0.5) is 4.79 Å². The number of carbonyl (C=O) groups is 2. The molecule has 7 nitrogen and oxygen atoms in total. The Morgan fingerprint density at radius 1 is 1.32 bits per heavy atom. The van der Waals surface area contributed by atoms with Gasteiger partial charge in [-0.05, 0) is 11.6 Å². The summed E-state index contributed by atoms with van der Waals surface area (Å²) in [5.74, 6) is 0.550. The summed E-state index contributed by atoms with van der Waals surface area (Å²) < 4.78 is 5.14. The minimum absolute atomic E-state index is 0.175. The maximum absolute atomic E-state index is 11.6. The first kappa shape index (κ1) is 14.5. The molecule has 0 aliphatic carbocycles. The predicted octanol–water partition coefficient (Wildman–Crippen LogP) is 1.76. The number of halogens is 1. The fourth-order valence-electron chi connectivity index (χ4n) is 2.15. The van der Waals surface area contributed by atoms with Crippen molar-refractivity contribution in [3.63, 3.8) is 0 Å². The van der Waals surface area contributed by atoms with E-state index in [1.165, 1.54) is 4.90 Å². The van der Waals surface area contributed by atoms with E-state index in [9.17, 15) is 9.59 Å². The Balaban J connectivity index is 1.65. The number of carbonyl (C=O) groups excluding carboxylic acids is 2. The van der Waals surface area contributed by atoms with Crippen molar-refractivity contribution >= 4 is 23.5 Å². The van der Waals surface area contributed by atoms with Gasteiger partial charge in [0, 0.05) is 24.4 Å². The molecule has 1 aromatic heterocycles. The van der Waals surface area contributed by atoms with Crippen LogP contribution in [0.3, 0.4) is 0 Å². The highest BCUT2D eigenvalue weighted by Crippen LogP contribution is 2.18. The van der Waals surface area contributed by atoms with Gasteiger partial charge in [0.25, 0.3) is 0 Å². The van der Waals surface area contributed by atoms with Gasteiger partial charge in [0.05, 0.1) is 0 Å². The van der Waals surface area contributed by atoms with Crippen LogP contribution >= 0.6 is 11.6 Å². The summed E-state index contributed by atoms with van der Waals surface area (Å²) in [6, 6.07) is 6.98. The van der Waals surface area contributed by atoms with Crippen molar-refractivity contribution in [1.29, 1.82) is 0 Å². The van der Waals surface area contributed by atoms with Gasteiger partial charge in [-0.15, -0.1) is 0 Å². The summed E-state index contributed by atoms with van der Waals surface area (Å²) in [5.41, 5.74) is 0.901. The number of rotatable bonds is 4. The number of nitrogens with zero attached hydrogens (tertiary/aromatic N) is 3. The molecule has 1 aliphatic heterocycles. The van der Waals surface area contributed by atoms with Crippen molar-refractivity contribution in [2.45, 2.75) is 19.4 Å². The van der Waals surface area contributed by atoms with E-state index in [-0.39, 0.29) is 18.9 Å². The molecule has 1 N–H and O–H groups in total. The molecule has 1 fully saturated rings. The quantitative estimate of drug-likeness (QED) is 0.927. The Labute approximate surface area is 131 Å². The number of imide groups is 1. The lowest BCUT2D eigenvalue weighted by Gasteiger charge is -2.24. The highest BCUT2D eigenvalue weighted by atomic mass is 35.5. The van der Waals surface area contributed by atoms with E-state index < -0.39 is 6.03 Å². The van der Waals surface area contributed by atoms with E-state index in [2.05, 4.69) is 15.5 Å². The molecular formula is C14H13ClN4O3. The second-order valence-corrected chi connectivity index (χ2v) is 5.30. The lowest BCUT2D eigenvalue weighted by molar-refractivity contribution is -0.121. The maximum Gasteiger partial charge on any atom is 0.324 e. The molecule has 1 aliphatic rings. The van der Waals surface area contributed by atoms with Crippen LogP contribution in [0.15, 0.2) is 28.8 Å². The molecule has 0 unspecified atom stereocenters. The minimum atomic E-state index is -0.442. The highest BCUT2D eigenvalue weighted by molar-refractivity contribution is 6.31. The van der Waals surface area contributed by atoms with Crippen molar-refractivity contribution < 1.29 is 14.1 Å². The molecule has 3 rings (SSSR count). The van der Waals surface area contributed by atoms with Crippen LogP contribution in [0, 0.1) is 0 Å². The van der Waals surface area contributed by atoms with Gasteiger partial charge in [0.15, 0.2) is 5.82 Å². The maximum atomic E-state index is 11.6. The van der Waals surface area contributed by atoms with E-state index in [0.717, 1.165) is 5.56 Å². The molecule has 0 bridgehead atoms. The van der Waals surface area contributed by atoms with Crippen LogP contribution in [0.1, 0.15) is 23.7 Å². The third-order valence-electron chi connectivity index (χ3n) is 3.29. The monoisotopic (exact) mass is 320 g/mol. The summed E-state index contributed by atoms with van der Waals surface area (Å²) >= 11 is 6.09. The average Bonchev–Trinajstić information content (AvgIpc) is 2.92. The first-order valence-electron chi connectivity index (χ1n) is 6.75. The number of nitrogens with one attached hydrogen (secondary N) is 1.